The van der Waals surface area contributed by atoms with Crippen LogP contribution in [0.4, 0.5) is 0 Å². The van der Waals surface area contributed by atoms with Gasteiger partial charge < -0.3 is 10.1 Å². The number of ether oxygens (including phenoxy) is 1. The van der Waals surface area contributed by atoms with Crippen molar-refractivity contribution in [3.63, 3.8) is 0 Å². The maximum absolute atomic E-state index is 5.53. The average Bonchev–Trinajstić information content (AvgIpc) is 2.13. The third-order valence-corrected chi connectivity index (χ3v) is 3.75. The number of nitrogens with one attached hydrogen (secondary N) is 1. The van der Waals surface area contributed by atoms with E-state index in [-0.39, 0.29) is 11.1 Å². The predicted molar refractivity (Wildman–Crippen MR) is 81.0 cm³/mol. The zero-order chi connectivity index (χ0) is 14.6. The standard InChI is InChI=1S/C16H35NO/c1-14(2,3)13(12-17-15(4,5)6)10-11-16(7,8)18-9/h13,17H,10-12H2,1-9H3. The second-order valence-electron chi connectivity index (χ2n) is 8.20. The van der Waals surface area contributed by atoms with Gasteiger partial charge in [-0.2, -0.15) is 0 Å². The Balaban J connectivity index is 4.44. The zero-order valence-electron chi connectivity index (χ0n) is 14.1. The van der Waals surface area contributed by atoms with Crippen LogP contribution in [-0.4, -0.2) is 24.8 Å². The van der Waals surface area contributed by atoms with Crippen molar-refractivity contribution in [1.29, 1.82) is 0 Å². The molecule has 110 valence electrons. The van der Waals surface area contributed by atoms with Crippen LogP contribution in [0.15, 0.2) is 0 Å². The van der Waals surface area contributed by atoms with Crippen LogP contribution in [0.2, 0.25) is 0 Å². The first kappa shape index (κ1) is 17.9. The van der Waals surface area contributed by atoms with Crippen molar-refractivity contribution in [1.82, 2.24) is 5.32 Å². The van der Waals surface area contributed by atoms with Gasteiger partial charge in [-0.05, 0) is 65.3 Å². The molecule has 0 aromatic rings. The Hall–Kier alpha value is -0.0800. The van der Waals surface area contributed by atoms with Crippen molar-refractivity contribution in [2.24, 2.45) is 11.3 Å². The molecule has 0 rings (SSSR count). The van der Waals surface area contributed by atoms with Crippen LogP contribution < -0.4 is 5.32 Å². The minimum atomic E-state index is -0.00870. The molecule has 0 aliphatic rings. The second-order valence-corrected chi connectivity index (χ2v) is 8.20. The molecule has 0 bridgehead atoms. The highest BCUT2D eigenvalue weighted by atomic mass is 16.5. The first-order valence-corrected chi connectivity index (χ1v) is 7.17. The van der Waals surface area contributed by atoms with Crippen molar-refractivity contribution in [2.45, 2.75) is 79.4 Å². The molecule has 0 aromatic heterocycles. The molecule has 0 aliphatic carbocycles. The SMILES string of the molecule is COC(C)(C)CCC(CNC(C)(C)C)C(C)(C)C. The zero-order valence-corrected chi connectivity index (χ0v) is 14.1. The third kappa shape index (κ3) is 8.10. The normalized spacial score (nSPS) is 15.8. The van der Waals surface area contributed by atoms with Gasteiger partial charge in [0.1, 0.15) is 0 Å². The van der Waals surface area contributed by atoms with Crippen LogP contribution in [-0.2, 0) is 4.74 Å². The molecule has 1 atom stereocenters. The summed E-state index contributed by atoms with van der Waals surface area (Å²) >= 11 is 0. The average molecular weight is 257 g/mol. The van der Waals surface area contributed by atoms with E-state index in [1.807, 2.05) is 0 Å². The molecular weight excluding hydrogens is 222 g/mol. The summed E-state index contributed by atoms with van der Waals surface area (Å²) in [5, 5.41) is 3.64. The van der Waals surface area contributed by atoms with E-state index in [4.69, 9.17) is 4.74 Å². The summed E-state index contributed by atoms with van der Waals surface area (Å²) in [6, 6.07) is 0. The van der Waals surface area contributed by atoms with E-state index in [9.17, 15) is 0 Å². The van der Waals surface area contributed by atoms with E-state index in [0.717, 1.165) is 13.0 Å². The van der Waals surface area contributed by atoms with Gasteiger partial charge in [-0.3, -0.25) is 0 Å². The largest absolute Gasteiger partial charge is 0.379 e. The molecule has 0 saturated carbocycles. The van der Waals surface area contributed by atoms with Crippen LogP contribution in [0, 0.1) is 11.3 Å². The minimum Gasteiger partial charge on any atom is -0.379 e. The fraction of sp³-hybridized carbons (Fsp3) is 1.00. The summed E-state index contributed by atoms with van der Waals surface area (Å²) in [6.45, 7) is 19.1. The third-order valence-electron chi connectivity index (χ3n) is 3.75. The van der Waals surface area contributed by atoms with Crippen molar-refractivity contribution in [2.75, 3.05) is 13.7 Å². The van der Waals surface area contributed by atoms with Crippen molar-refractivity contribution < 1.29 is 4.74 Å². The van der Waals surface area contributed by atoms with E-state index in [1.165, 1.54) is 6.42 Å². The first-order valence-electron chi connectivity index (χ1n) is 7.17. The summed E-state index contributed by atoms with van der Waals surface area (Å²) in [5.74, 6) is 0.672. The van der Waals surface area contributed by atoms with Gasteiger partial charge in [-0.1, -0.05) is 20.8 Å². The molecule has 0 aromatic carbocycles. The Morgan fingerprint density at radius 2 is 1.44 bits per heavy atom. The fourth-order valence-corrected chi connectivity index (χ4v) is 1.89. The Morgan fingerprint density at radius 3 is 1.78 bits per heavy atom. The molecule has 18 heavy (non-hydrogen) atoms. The Labute approximate surface area is 115 Å². The molecule has 0 spiro atoms. The lowest BCUT2D eigenvalue weighted by Crippen LogP contribution is -2.42. The van der Waals surface area contributed by atoms with Crippen molar-refractivity contribution >= 4 is 0 Å². The number of rotatable bonds is 6. The van der Waals surface area contributed by atoms with Gasteiger partial charge in [0.25, 0.3) is 0 Å². The Morgan fingerprint density at radius 1 is 0.944 bits per heavy atom. The van der Waals surface area contributed by atoms with Gasteiger partial charge >= 0.3 is 0 Å². The topological polar surface area (TPSA) is 21.3 Å². The van der Waals surface area contributed by atoms with E-state index >= 15 is 0 Å². The van der Waals surface area contributed by atoms with Crippen LogP contribution in [0.3, 0.4) is 0 Å². The summed E-state index contributed by atoms with van der Waals surface area (Å²) < 4.78 is 5.53. The molecule has 1 N–H and O–H groups in total. The van der Waals surface area contributed by atoms with Gasteiger partial charge in [-0.25, -0.2) is 0 Å². The first-order chi connectivity index (χ1) is 7.87. The molecule has 0 radical (unpaired) electrons. The number of methoxy groups -OCH3 is 1. The van der Waals surface area contributed by atoms with Gasteiger partial charge in [-0.15, -0.1) is 0 Å². The van der Waals surface area contributed by atoms with E-state index < -0.39 is 0 Å². The lowest BCUT2D eigenvalue weighted by molar-refractivity contribution is 0.00545. The monoisotopic (exact) mass is 257 g/mol. The highest BCUT2D eigenvalue weighted by Crippen LogP contribution is 2.32. The van der Waals surface area contributed by atoms with Crippen LogP contribution >= 0.6 is 0 Å². The summed E-state index contributed by atoms with van der Waals surface area (Å²) in [6.07, 6.45) is 2.31. The summed E-state index contributed by atoms with van der Waals surface area (Å²) in [4.78, 5) is 0. The minimum absolute atomic E-state index is 0.00870. The maximum Gasteiger partial charge on any atom is 0.0622 e. The van der Waals surface area contributed by atoms with E-state index in [1.54, 1.807) is 7.11 Å². The van der Waals surface area contributed by atoms with Crippen LogP contribution in [0.5, 0.6) is 0 Å². The quantitative estimate of drug-likeness (QED) is 0.768. The molecule has 0 saturated heterocycles. The van der Waals surface area contributed by atoms with Gasteiger partial charge in [0.15, 0.2) is 0 Å². The molecule has 0 heterocycles. The molecule has 0 fully saturated rings. The van der Waals surface area contributed by atoms with Gasteiger partial charge in [0.2, 0.25) is 0 Å². The molecular formula is C16H35NO. The van der Waals surface area contributed by atoms with E-state index in [0.29, 0.717) is 11.3 Å². The Kier molecular flexibility index (Phi) is 6.35. The Bertz CT molecular complexity index is 232. The molecule has 2 nitrogen and oxygen atoms in total. The lowest BCUT2D eigenvalue weighted by Gasteiger charge is -2.36. The van der Waals surface area contributed by atoms with Crippen LogP contribution in [0.1, 0.15) is 68.2 Å². The molecule has 0 amide bonds. The maximum atomic E-state index is 5.53. The highest BCUT2D eigenvalue weighted by molar-refractivity contribution is 4.82. The fourth-order valence-electron chi connectivity index (χ4n) is 1.89. The smallest absolute Gasteiger partial charge is 0.0622 e. The molecule has 2 heteroatoms. The molecule has 0 aliphatic heterocycles. The molecule has 1 unspecified atom stereocenters. The summed E-state index contributed by atoms with van der Waals surface area (Å²) in [7, 11) is 1.81. The van der Waals surface area contributed by atoms with E-state index in [2.05, 4.69) is 60.7 Å². The number of hydrogen-bond acceptors (Lipinski definition) is 2. The van der Waals surface area contributed by atoms with Crippen LogP contribution in [0.25, 0.3) is 0 Å². The highest BCUT2D eigenvalue weighted by Gasteiger charge is 2.28. The lowest BCUT2D eigenvalue weighted by atomic mass is 9.76. The summed E-state index contributed by atoms with van der Waals surface area (Å²) in [5.41, 5.74) is 0.521. The van der Waals surface area contributed by atoms with Crippen molar-refractivity contribution in [3.8, 4) is 0 Å². The van der Waals surface area contributed by atoms with Gasteiger partial charge in [0.05, 0.1) is 5.60 Å². The van der Waals surface area contributed by atoms with Crippen molar-refractivity contribution in [3.05, 3.63) is 0 Å². The second kappa shape index (κ2) is 6.38. The van der Waals surface area contributed by atoms with Gasteiger partial charge in [0, 0.05) is 12.6 Å². The predicted octanol–water partition coefficient (Wildman–Crippen LogP) is 4.24. The number of hydrogen-bond donors (Lipinski definition) is 1.